The third-order valence-corrected chi connectivity index (χ3v) is 2.58. The molecular formula is C13H10F3NO. The first-order valence-corrected chi connectivity index (χ1v) is 5.29. The Bertz CT molecular complexity index is 560. The van der Waals surface area contributed by atoms with E-state index in [1.165, 1.54) is 18.3 Å². The van der Waals surface area contributed by atoms with Crippen LogP contribution in [0.2, 0.25) is 0 Å². The number of rotatable bonds is 3. The normalized spacial score (nSPS) is 12.4. The van der Waals surface area contributed by atoms with Crippen molar-refractivity contribution in [2.24, 2.45) is 0 Å². The molecule has 0 bridgehead atoms. The molecule has 5 heteroatoms. The zero-order valence-electron chi connectivity index (χ0n) is 9.28. The molecule has 0 aliphatic carbocycles. The zero-order chi connectivity index (χ0) is 13.1. The minimum atomic E-state index is -1.13. The lowest BCUT2D eigenvalue weighted by atomic mass is 10.0. The van der Waals surface area contributed by atoms with E-state index in [1.807, 2.05) is 0 Å². The van der Waals surface area contributed by atoms with Crippen molar-refractivity contribution in [1.29, 1.82) is 0 Å². The van der Waals surface area contributed by atoms with Gasteiger partial charge in [0.05, 0.1) is 12.3 Å². The molecule has 0 amide bonds. The van der Waals surface area contributed by atoms with Gasteiger partial charge in [0.15, 0.2) is 11.6 Å². The monoisotopic (exact) mass is 253 g/mol. The van der Waals surface area contributed by atoms with E-state index in [1.54, 1.807) is 0 Å². The topological polar surface area (TPSA) is 33.1 Å². The Kier molecular flexibility index (Phi) is 3.62. The summed E-state index contributed by atoms with van der Waals surface area (Å²) in [5.74, 6) is -2.58. The molecule has 0 spiro atoms. The van der Waals surface area contributed by atoms with Crippen molar-refractivity contribution in [3.63, 3.8) is 0 Å². The SMILES string of the molecule is OC(Cc1ccc(F)c(F)c1)c1ccncc1F. The van der Waals surface area contributed by atoms with Gasteiger partial charge in [-0.05, 0) is 23.8 Å². The molecule has 2 nitrogen and oxygen atoms in total. The number of hydrogen-bond acceptors (Lipinski definition) is 2. The summed E-state index contributed by atoms with van der Waals surface area (Å²) < 4.78 is 39.0. The van der Waals surface area contributed by atoms with Gasteiger partial charge in [-0.2, -0.15) is 0 Å². The van der Waals surface area contributed by atoms with Crippen LogP contribution >= 0.6 is 0 Å². The summed E-state index contributed by atoms with van der Waals surface area (Å²) in [5, 5.41) is 9.83. The highest BCUT2D eigenvalue weighted by atomic mass is 19.2. The van der Waals surface area contributed by atoms with E-state index in [0.717, 1.165) is 18.3 Å². The molecule has 1 unspecified atom stereocenters. The Morgan fingerprint density at radius 3 is 2.50 bits per heavy atom. The minimum absolute atomic E-state index is 0.00185. The van der Waals surface area contributed by atoms with Crippen molar-refractivity contribution in [1.82, 2.24) is 4.98 Å². The van der Waals surface area contributed by atoms with Gasteiger partial charge < -0.3 is 5.11 Å². The average molecular weight is 253 g/mol. The van der Waals surface area contributed by atoms with E-state index in [9.17, 15) is 18.3 Å². The quantitative estimate of drug-likeness (QED) is 0.912. The van der Waals surface area contributed by atoms with Crippen LogP contribution in [0.15, 0.2) is 36.7 Å². The molecule has 1 N–H and O–H groups in total. The molecule has 0 saturated carbocycles. The summed E-state index contributed by atoms with van der Waals surface area (Å²) in [5.41, 5.74) is 0.465. The highest BCUT2D eigenvalue weighted by Gasteiger charge is 2.14. The van der Waals surface area contributed by atoms with Crippen molar-refractivity contribution >= 4 is 0 Å². The number of aliphatic hydroxyl groups is 1. The van der Waals surface area contributed by atoms with Crippen LogP contribution in [0.1, 0.15) is 17.2 Å². The molecule has 94 valence electrons. The molecule has 2 rings (SSSR count). The van der Waals surface area contributed by atoms with E-state index in [4.69, 9.17) is 0 Å². The van der Waals surface area contributed by atoms with Gasteiger partial charge in [-0.15, -0.1) is 0 Å². The Balaban J connectivity index is 2.19. The maximum atomic E-state index is 13.3. The van der Waals surface area contributed by atoms with Crippen LogP contribution in [0.4, 0.5) is 13.2 Å². The van der Waals surface area contributed by atoms with E-state index in [2.05, 4.69) is 4.98 Å². The first kappa shape index (κ1) is 12.6. The van der Waals surface area contributed by atoms with Crippen LogP contribution in [-0.4, -0.2) is 10.1 Å². The number of pyridine rings is 1. The summed E-state index contributed by atoms with van der Waals surface area (Å²) in [4.78, 5) is 3.56. The third kappa shape index (κ3) is 2.68. The lowest BCUT2D eigenvalue weighted by Crippen LogP contribution is -2.05. The highest BCUT2D eigenvalue weighted by Crippen LogP contribution is 2.21. The standard InChI is InChI=1S/C13H10F3NO/c14-10-2-1-8(5-11(10)15)6-13(18)9-3-4-17-7-12(9)16/h1-5,7,13,18H,6H2. The van der Waals surface area contributed by atoms with E-state index in [-0.39, 0.29) is 12.0 Å². The molecule has 1 aromatic carbocycles. The maximum absolute atomic E-state index is 13.3. The van der Waals surface area contributed by atoms with Crippen molar-refractivity contribution in [2.75, 3.05) is 0 Å². The smallest absolute Gasteiger partial charge is 0.159 e. The lowest BCUT2D eigenvalue weighted by Gasteiger charge is -2.11. The van der Waals surface area contributed by atoms with Gasteiger partial charge in [-0.25, -0.2) is 13.2 Å². The number of nitrogens with zero attached hydrogens (tertiary/aromatic N) is 1. The Hall–Kier alpha value is -1.88. The molecule has 1 aromatic heterocycles. The lowest BCUT2D eigenvalue weighted by molar-refractivity contribution is 0.173. The van der Waals surface area contributed by atoms with Crippen LogP contribution in [0, 0.1) is 17.5 Å². The van der Waals surface area contributed by atoms with Crippen molar-refractivity contribution in [3.05, 3.63) is 65.2 Å². The van der Waals surface area contributed by atoms with Gasteiger partial charge >= 0.3 is 0 Å². The summed E-state index contributed by atoms with van der Waals surface area (Å²) in [6.07, 6.45) is 1.22. The molecule has 2 aromatic rings. The molecule has 1 heterocycles. The maximum Gasteiger partial charge on any atom is 0.159 e. The van der Waals surface area contributed by atoms with E-state index < -0.39 is 23.6 Å². The van der Waals surface area contributed by atoms with Crippen LogP contribution in [0.5, 0.6) is 0 Å². The third-order valence-electron chi connectivity index (χ3n) is 2.58. The molecular weight excluding hydrogens is 243 g/mol. The number of halogens is 3. The number of hydrogen-bond donors (Lipinski definition) is 1. The van der Waals surface area contributed by atoms with Crippen LogP contribution in [0.3, 0.4) is 0 Å². The first-order valence-electron chi connectivity index (χ1n) is 5.29. The van der Waals surface area contributed by atoms with Crippen LogP contribution < -0.4 is 0 Å². The highest BCUT2D eigenvalue weighted by molar-refractivity contribution is 5.22. The van der Waals surface area contributed by atoms with Crippen molar-refractivity contribution in [3.8, 4) is 0 Å². The molecule has 0 aliphatic rings. The Morgan fingerprint density at radius 2 is 1.83 bits per heavy atom. The molecule has 0 saturated heterocycles. The molecule has 0 aliphatic heterocycles. The fourth-order valence-electron chi connectivity index (χ4n) is 1.66. The predicted molar refractivity (Wildman–Crippen MR) is 59.2 cm³/mol. The largest absolute Gasteiger partial charge is 0.388 e. The van der Waals surface area contributed by atoms with Crippen LogP contribution in [0.25, 0.3) is 0 Å². The van der Waals surface area contributed by atoms with Crippen molar-refractivity contribution in [2.45, 2.75) is 12.5 Å². The first-order chi connectivity index (χ1) is 8.58. The van der Waals surface area contributed by atoms with Gasteiger partial charge in [-0.1, -0.05) is 6.07 Å². The van der Waals surface area contributed by atoms with Crippen molar-refractivity contribution < 1.29 is 18.3 Å². The fraction of sp³-hybridized carbons (Fsp3) is 0.154. The van der Waals surface area contributed by atoms with Crippen LogP contribution in [-0.2, 0) is 6.42 Å². The van der Waals surface area contributed by atoms with Gasteiger partial charge in [0.25, 0.3) is 0 Å². The number of aromatic nitrogens is 1. The molecule has 1 atom stereocenters. The summed E-state index contributed by atoms with van der Waals surface area (Å²) >= 11 is 0. The second-order valence-corrected chi connectivity index (χ2v) is 3.87. The zero-order valence-corrected chi connectivity index (χ0v) is 9.28. The van der Waals surface area contributed by atoms with Gasteiger partial charge in [0.2, 0.25) is 0 Å². The summed E-state index contributed by atoms with van der Waals surface area (Å²) in [7, 11) is 0. The number of benzene rings is 1. The molecule has 0 fully saturated rings. The van der Waals surface area contributed by atoms with Gasteiger partial charge in [-0.3, -0.25) is 4.98 Å². The van der Waals surface area contributed by atoms with E-state index >= 15 is 0 Å². The second kappa shape index (κ2) is 5.18. The minimum Gasteiger partial charge on any atom is -0.388 e. The average Bonchev–Trinajstić information content (AvgIpc) is 2.34. The fourth-order valence-corrected chi connectivity index (χ4v) is 1.66. The van der Waals surface area contributed by atoms with E-state index in [0.29, 0.717) is 5.56 Å². The van der Waals surface area contributed by atoms with Gasteiger partial charge in [0.1, 0.15) is 5.82 Å². The Labute approximate surface area is 102 Å². The molecule has 18 heavy (non-hydrogen) atoms. The number of aliphatic hydroxyl groups excluding tert-OH is 1. The molecule has 0 radical (unpaired) electrons. The summed E-state index contributed by atoms with van der Waals surface area (Å²) in [6.45, 7) is 0. The predicted octanol–water partition coefficient (Wildman–Crippen LogP) is 2.78. The second-order valence-electron chi connectivity index (χ2n) is 3.87. The summed E-state index contributed by atoms with van der Waals surface area (Å²) in [6, 6.07) is 4.65. The Morgan fingerprint density at radius 1 is 1.06 bits per heavy atom. The van der Waals surface area contributed by atoms with Gasteiger partial charge in [0, 0.05) is 18.2 Å².